The molecule has 0 saturated heterocycles. The highest BCUT2D eigenvalue weighted by Crippen LogP contribution is 2.22. The molecule has 0 aromatic heterocycles. The van der Waals surface area contributed by atoms with Crippen LogP contribution in [-0.4, -0.2) is 32.9 Å². The fourth-order valence-electron chi connectivity index (χ4n) is 2.17. The topological polar surface area (TPSA) is 89.7 Å². The normalized spacial score (nSPS) is 12.5. The first kappa shape index (κ1) is 19.4. The molecule has 25 heavy (non-hydrogen) atoms. The lowest BCUT2D eigenvalue weighted by Crippen LogP contribution is -2.33. The van der Waals surface area contributed by atoms with Gasteiger partial charge in [0.05, 0.1) is 10.9 Å². The second kappa shape index (κ2) is 7.99. The van der Waals surface area contributed by atoms with Gasteiger partial charge in [0.2, 0.25) is 10.0 Å². The molecular formula is C17H19BrN2O4S. The standard InChI is InChI=1S/C17H19BrN2O4S/c1-12(13-4-3-5-16(10-13)25(19,22)23)20(2)17(21)11-24-15-8-6-14(18)7-9-15/h3-10,12H,11H2,1-2H3,(H2,19,22,23). The smallest absolute Gasteiger partial charge is 0.260 e. The first-order valence-electron chi connectivity index (χ1n) is 7.45. The van der Waals surface area contributed by atoms with Gasteiger partial charge < -0.3 is 9.64 Å². The van der Waals surface area contributed by atoms with Crippen LogP contribution in [-0.2, 0) is 14.8 Å². The van der Waals surface area contributed by atoms with Crippen LogP contribution >= 0.6 is 15.9 Å². The molecule has 1 unspecified atom stereocenters. The molecule has 0 aliphatic heterocycles. The number of hydrogen-bond donors (Lipinski definition) is 1. The molecule has 134 valence electrons. The Labute approximate surface area is 155 Å². The molecule has 0 fully saturated rings. The third-order valence-corrected chi connectivity index (χ3v) is 5.26. The van der Waals surface area contributed by atoms with Crippen LogP contribution < -0.4 is 9.88 Å². The Bertz CT molecular complexity index is 853. The van der Waals surface area contributed by atoms with Gasteiger partial charge in [0.15, 0.2) is 6.61 Å². The van der Waals surface area contributed by atoms with Gasteiger partial charge >= 0.3 is 0 Å². The minimum atomic E-state index is -3.79. The maximum Gasteiger partial charge on any atom is 0.260 e. The van der Waals surface area contributed by atoms with Gasteiger partial charge in [-0.1, -0.05) is 28.1 Å². The van der Waals surface area contributed by atoms with Gasteiger partial charge in [0.1, 0.15) is 5.75 Å². The summed E-state index contributed by atoms with van der Waals surface area (Å²) in [6.45, 7) is 1.69. The monoisotopic (exact) mass is 426 g/mol. The molecule has 6 nitrogen and oxygen atoms in total. The van der Waals surface area contributed by atoms with Crippen molar-refractivity contribution in [2.24, 2.45) is 5.14 Å². The van der Waals surface area contributed by atoms with E-state index >= 15 is 0 Å². The Morgan fingerprint density at radius 2 is 1.88 bits per heavy atom. The van der Waals surface area contributed by atoms with E-state index < -0.39 is 10.0 Å². The molecule has 2 aromatic carbocycles. The van der Waals surface area contributed by atoms with Crippen molar-refractivity contribution in [2.75, 3.05) is 13.7 Å². The van der Waals surface area contributed by atoms with Gasteiger partial charge in [-0.3, -0.25) is 4.79 Å². The summed E-state index contributed by atoms with van der Waals surface area (Å²) in [7, 11) is -2.15. The van der Waals surface area contributed by atoms with E-state index in [9.17, 15) is 13.2 Å². The number of likely N-dealkylation sites (N-methyl/N-ethyl adjacent to an activating group) is 1. The van der Waals surface area contributed by atoms with Gasteiger partial charge in [-0.2, -0.15) is 0 Å². The molecule has 0 bridgehead atoms. The summed E-state index contributed by atoms with van der Waals surface area (Å²) in [6, 6.07) is 13.1. The van der Waals surface area contributed by atoms with E-state index in [4.69, 9.17) is 9.88 Å². The molecule has 0 radical (unpaired) electrons. The summed E-state index contributed by atoms with van der Waals surface area (Å²) in [5.74, 6) is 0.366. The number of nitrogens with two attached hydrogens (primary N) is 1. The third kappa shape index (κ3) is 5.29. The molecule has 0 aliphatic carbocycles. The Hall–Kier alpha value is -1.90. The molecule has 0 aliphatic rings. The van der Waals surface area contributed by atoms with Crippen molar-refractivity contribution in [2.45, 2.75) is 17.9 Å². The second-order valence-electron chi connectivity index (χ2n) is 5.54. The minimum Gasteiger partial charge on any atom is -0.484 e. The van der Waals surface area contributed by atoms with E-state index in [0.29, 0.717) is 11.3 Å². The number of primary sulfonamides is 1. The van der Waals surface area contributed by atoms with Gasteiger partial charge in [-0.05, 0) is 48.9 Å². The lowest BCUT2D eigenvalue weighted by molar-refractivity contribution is -0.134. The molecule has 2 N–H and O–H groups in total. The molecule has 0 heterocycles. The SMILES string of the molecule is CC(c1cccc(S(N)(=O)=O)c1)N(C)C(=O)COc1ccc(Br)cc1. The van der Waals surface area contributed by atoms with Crippen LogP contribution in [0.3, 0.4) is 0 Å². The number of sulfonamides is 1. The van der Waals surface area contributed by atoms with E-state index in [-0.39, 0.29) is 23.5 Å². The van der Waals surface area contributed by atoms with Crippen molar-refractivity contribution < 1.29 is 17.9 Å². The molecule has 1 amide bonds. The highest BCUT2D eigenvalue weighted by Gasteiger charge is 2.19. The molecule has 2 rings (SSSR count). The summed E-state index contributed by atoms with van der Waals surface area (Å²) in [4.78, 5) is 13.8. The van der Waals surface area contributed by atoms with E-state index in [0.717, 1.165) is 4.47 Å². The molecular weight excluding hydrogens is 408 g/mol. The molecule has 1 atom stereocenters. The first-order valence-corrected chi connectivity index (χ1v) is 9.79. The highest BCUT2D eigenvalue weighted by atomic mass is 79.9. The van der Waals surface area contributed by atoms with Crippen molar-refractivity contribution in [1.82, 2.24) is 4.90 Å². The number of nitrogens with zero attached hydrogens (tertiary/aromatic N) is 1. The van der Waals surface area contributed by atoms with E-state index in [1.54, 1.807) is 38.2 Å². The summed E-state index contributed by atoms with van der Waals surface area (Å²) in [5.41, 5.74) is 0.672. The number of rotatable bonds is 6. The number of benzene rings is 2. The lowest BCUT2D eigenvalue weighted by Gasteiger charge is -2.25. The summed E-state index contributed by atoms with van der Waals surface area (Å²) in [5, 5.41) is 5.15. The molecule has 0 spiro atoms. The number of amides is 1. The van der Waals surface area contributed by atoms with Crippen LogP contribution in [0, 0.1) is 0 Å². The zero-order chi connectivity index (χ0) is 18.6. The van der Waals surface area contributed by atoms with Gasteiger partial charge in [0.25, 0.3) is 5.91 Å². The van der Waals surface area contributed by atoms with Crippen LogP contribution in [0.5, 0.6) is 5.75 Å². The predicted molar refractivity (Wildman–Crippen MR) is 98.6 cm³/mol. The Morgan fingerprint density at radius 3 is 2.48 bits per heavy atom. The van der Waals surface area contributed by atoms with Crippen LogP contribution in [0.25, 0.3) is 0 Å². The number of ether oxygens (including phenoxy) is 1. The molecule has 8 heteroatoms. The van der Waals surface area contributed by atoms with Crippen LogP contribution in [0.15, 0.2) is 57.9 Å². The Kier molecular flexibility index (Phi) is 6.21. The Morgan fingerprint density at radius 1 is 1.24 bits per heavy atom. The average molecular weight is 427 g/mol. The van der Waals surface area contributed by atoms with E-state index in [1.807, 2.05) is 12.1 Å². The van der Waals surface area contributed by atoms with Crippen molar-refractivity contribution in [3.63, 3.8) is 0 Å². The minimum absolute atomic E-state index is 0.0174. The van der Waals surface area contributed by atoms with E-state index in [1.165, 1.54) is 17.0 Å². The number of halogens is 1. The predicted octanol–water partition coefficient (Wildman–Crippen LogP) is 2.69. The van der Waals surface area contributed by atoms with Gasteiger partial charge in [-0.15, -0.1) is 0 Å². The maximum absolute atomic E-state index is 12.3. The Balaban J connectivity index is 2.04. The first-order chi connectivity index (χ1) is 11.7. The van der Waals surface area contributed by atoms with Crippen LogP contribution in [0.2, 0.25) is 0 Å². The quantitative estimate of drug-likeness (QED) is 0.768. The maximum atomic E-state index is 12.3. The highest BCUT2D eigenvalue weighted by molar-refractivity contribution is 9.10. The van der Waals surface area contributed by atoms with Crippen molar-refractivity contribution >= 4 is 31.9 Å². The fraction of sp³-hybridized carbons (Fsp3) is 0.235. The summed E-state index contributed by atoms with van der Waals surface area (Å²) >= 11 is 3.33. The number of carbonyl (C=O) groups is 1. The summed E-state index contributed by atoms with van der Waals surface area (Å²) < 4.78 is 29.3. The number of carbonyl (C=O) groups excluding carboxylic acids is 1. The lowest BCUT2D eigenvalue weighted by atomic mass is 10.1. The molecule has 2 aromatic rings. The van der Waals surface area contributed by atoms with E-state index in [2.05, 4.69) is 15.9 Å². The second-order valence-corrected chi connectivity index (χ2v) is 8.02. The van der Waals surface area contributed by atoms with Gasteiger partial charge in [-0.25, -0.2) is 13.6 Å². The van der Waals surface area contributed by atoms with Crippen LogP contribution in [0.1, 0.15) is 18.5 Å². The average Bonchev–Trinajstić information content (AvgIpc) is 2.59. The largest absolute Gasteiger partial charge is 0.484 e. The fourth-order valence-corrected chi connectivity index (χ4v) is 3.00. The molecule has 0 saturated carbocycles. The summed E-state index contributed by atoms with van der Waals surface area (Å²) in [6.07, 6.45) is 0. The van der Waals surface area contributed by atoms with Gasteiger partial charge in [0, 0.05) is 11.5 Å². The number of hydrogen-bond acceptors (Lipinski definition) is 4. The van der Waals surface area contributed by atoms with Crippen molar-refractivity contribution in [3.05, 3.63) is 58.6 Å². The zero-order valence-corrected chi connectivity index (χ0v) is 16.2. The van der Waals surface area contributed by atoms with Crippen molar-refractivity contribution in [1.29, 1.82) is 0 Å². The zero-order valence-electron chi connectivity index (χ0n) is 13.8. The van der Waals surface area contributed by atoms with Crippen LogP contribution in [0.4, 0.5) is 0 Å². The van der Waals surface area contributed by atoms with Crippen molar-refractivity contribution in [3.8, 4) is 5.75 Å². The third-order valence-electron chi connectivity index (χ3n) is 3.82.